The number of tetrazole rings is 1. The molecule has 0 radical (unpaired) electrons. The van der Waals surface area contributed by atoms with Gasteiger partial charge in [-0.3, -0.25) is 14.6 Å². The fourth-order valence-electron chi connectivity index (χ4n) is 5.04. The smallest absolute Gasteiger partial charge is 0.411 e. The number of hydrogen-bond donors (Lipinski definition) is 0. The van der Waals surface area contributed by atoms with Gasteiger partial charge in [-0.15, -0.1) is 11.8 Å². The van der Waals surface area contributed by atoms with E-state index >= 15 is 0 Å². The van der Waals surface area contributed by atoms with Crippen LogP contribution < -0.4 is 4.90 Å². The van der Waals surface area contributed by atoms with E-state index in [2.05, 4.69) is 25.3 Å². The second kappa shape index (κ2) is 10.3. The maximum Gasteiger partial charge on any atom is 0.411 e. The molecule has 2 atom stereocenters. The summed E-state index contributed by atoms with van der Waals surface area (Å²) < 4.78 is 7.44. The summed E-state index contributed by atoms with van der Waals surface area (Å²) in [6.07, 6.45) is 0.219. The van der Waals surface area contributed by atoms with Crippen molar-refractivity contribution in [1.82, 2.24) is 34.9 Å². The highest BCUT2D eigenvalue weighted by molar-refractivity contribution is 7.99. The lowest BCUT2D eigenvalue weighted by molar-refractivity contribution is -0.134. The second-order valence-electron chi connectivity index (χ2n) is 10.4. The number of anilines is 1. The van der Waals surface area contributed by atoms with Gasteiger partial charge in [-0.1, -0.05) is 23.3 Å². The summed E-state index contributed by atoms with van der Waals surface area (Å²) in [6.45, 7) is 9.92. The van der Waals surface area contributed by atoms with E-state index in [9.17, 15) is 9.59 Å². The minimum atomic E-state index is -0.610. The standard InChI is InChI=1S/C24H34N8O3S/c1-24(2,3)35-23(34)31-16-19(15-20(31)21(33)30-13-14-36-17-30)28-9-11-29(12-10-28)22-25-26-27-32(22)18-7-5-4-6-8-18/h4-8,19-20H,9-17H2,1-3H3/t19-,20-/m0/s1. The number of carbonyl (C=O) groups is 2. The first-order valence-electron chi connectivity index (χ1n) is 12.5. The Bertz CT molecular complexity index is 1060. The number of para-hydroxylation sites is 1. The number of piperazine rings is 1. The Balaban J connectivity index is 1.26. The summed E-state index contributed by atoms with van der Waals surface area (Å²) in [7, 11) is 0. The van der Waals surface area contributed by atoms with Crippen molar-refractivity contribution >= 4 is 29.7 Å². The molecule has 2 amide bonds. The number of rotatable bonds is 4. The van der Waals surface area contributed by atoms with Gasteiger partial charge in [0, 0.05) is 51.1 Å². The Hall–Kier alpha value is -2.86. The van der Waals surface area contributed by atoms with Gasteiger partial charge in [0.2, 0.25) is 11.9 Å². The van der Waals surface area contributed by atoms with Gasteiger partial charge in [0.15, 0.2) is 0 Å². The van der Waals surface area contributed by atoms with Crippen molar-refractivity contribution < 1.29 is 14.3 Å². The molecule has 1 aromatic carbocycles. The molecule has 4 heterocycles. The Morgan fingerprint density at radius 3 is 2.47 bits per heavy atom. The number of thioether (sulfide) groups is 1. The van der Waals surface area contributed by atoms with Crippen LogP contribution in [0.15, 0.2) is 30.3 Å². The van der Waals surface area contributed by atoms with Crippen LogP contribution in [0.3, 0.4) is 0 Å². The third-order valence-corrected chi connectivity index (χ3v) is 7.79. The van der Waals surface area contributed by atoms with Gasteiger partial charge in [-0.25, -0.2) is 4.79 Å². The minimum Gasteiger partial charge on any atom is -0.444 e. The fraction of sp³-hybridized carbons (Fsp3) is 0.625. The van der Waals surface area contributed by atoms with Gasteiger partial charge >= 0.3 is 6.09 Å². The van der Waals surface area contributed by atoms with E-state index in [0.717, 1.165) is 50.1 Å². The maximum absolute atomic E-state index is 13.3. The van der Waals surface area contributed by atoms with E-state index in [-0.39, 0.29) is 11.9 Å². The number of benzene rings is 1. The monoisotopic (exact) mass is 514 g/mol. The molecule has 0 bridgehead atoms. The molecule has 12 heteroatoms. The lowest BCUT2D eigenvalue weighted by Gasteiger charge is -2.38. The van der Waals surface area contributed by atoms with E-state index in [4.69, 9.17) is 4.74 Å². The first kappa shape index (κ1) is 24.8. The van der Waals surface area contributed by atoms with Gasteiger partial charge in [-0.05, 0) is 49.8 Å². The Morgan fingerprint density at radius 1 is 1.06 bits per heavy atom. The van der Waals surface area contributed by atoms with Crippen LogP contribution in [-0.2, 0) is 9.53 Å². The summed E-state index contributed by atoms with van der Waals surface area (Å²) in [5.74, 6) is 2.40. The number of carbonyl (C=O) groups excluding carboxylic acids is 2. The lowest BCUT2D eigenvalue weighted by Crippen LogP contribution is -2.52. The minimum absolute atomic E-state index is 0.0361. The van der Waals surface area contributed by atoms with Crippen molar-refractivity contribution in [3.05, 3.63) is 30.3 Å². The van der Waals surface area contributed by atoms with Crippen LogP contribution in [-0.4, -0.2) is 115 Å². The zero-order valence-corrected chi connectivity index (χ0v) is 21.9. The molecular weight excluding hydrogens is 480 g/mol. The largest absolute Gasteiger partial charge is 0.444 e. The van der Waals surface area contributed by atoms with Gasteiger partial charge in [-0.2, -0.15) is 4.68 Å². The van der Waals surface area contributed by atoms with Crippen LogP contribution in [0.4, 0.5) is 10.7 Å². The maximum atomic E-state index is 13.3. The molecule has 11 nitrogen and oxygen atoms in total. The highest BCUT2D eigenvalue weighted by Gasteiger charge is 2.45. The topological polar surface area (TPSA) is 99.9 Å². The highest BCUT2D eigenvalue weighted by Crippen LogP contribution is 2.29. The van der Waals surface area contributed by atoms with Crippen molar-refractivity contribution in [2.24, 2.45) is 0 Å². The van der Waals surface area contributed by atoms with Crippen molar-refractivity contribution in [2.75, 3.05) is 55.8 Å². The molecule has 0 saturated carbocycles. The van der Waals surface area contributed by atoms with Gasteiger partial charge in [0.25, 0.3) is 0 Å². The predicted molar refractivity (Wildman–Crippen MR) is 137 cm³/mol. The highest BCUT2D eigenvalue weighted by atomic mass is 32.2. The van der Waals surface area contributed by atoms with Crippen molar-refractivity contribution in [2.45, 2.75) is 44.9 Å². The van der Waals surface area contributed by atoms with Crippen LogP contribution >= 0.6 is 11.8 Å². The average Bonchev–Trinajstić information content (AvgIpc) is 3.64. The molecule has 194 valence electrons. The molecule has 36 heavy (non-hydrogen) atoms. The number of amides is 2. The Kier molecular flexibility index (Phi) is 7.07. The van der Waals surface area contributed by atoms with E-state index in [1.165, 1.54) is 0 Å². The number of hydrogen-bond acceptors (Lipinski definition) is 9. The summed E-state index contributed by atoms with van der Waals surface area (Å²) >= 11 is 1.75. The third kappa shape index (κ3) is 5.29. The molecule has 0 aliphatic carbocycles. The van der Waals surface area contributed by atoms with Crippen LogP contribution in [0.1, 0.15) is 27.2 Å². The molecule has 1 aromatic heterocycles. The number of likely N-dealkylation sites (tertiary alicyclic amines) is 1. The van der Waals surface area contributed by atoms with Crippen LogP contribution in [0.5, 0.6) is 0 Å². The Labute approximate surface area is 215 Å². The van der Waals surface area contributed by atoms with E-state index in [1.54, 1.807) is 21.3 Å². The van der Waals surface area contributed by atoms with Gasteiger partial charge < -0.3 is 14.5 Å². The number of nitrogens with zero attached hydrogens (tertiary/aromatic N) is 8. The molecule has 0 spiro atoms. The van der Waals surface area contributed by atoms with E-state index < -0.39 is 17.7 Å². The molecular formula is C24H34N8O3S. The quantitative estimate of drug-likeness (QED) is 0.603. The first-order chi connectivity index (χ1) is 17.3. The van der Waals surface area contributed by atoms with Crippen LogP contribution in [0.2, 0.25) is 0 Å². The van der Waals surface area contributed by atoms with Gasteiger partial charge in [0.05, 0.1) is 11.6 Å². The Morgan fingerprint density at radius 2 is 1.81 bits per heavy atom. The van der Waals surface area contributed by atoms with E-state index in [0.29, 0.717) is 18.8 Å². The van der Waals surface area contributed by atoms with Crippen molar-refractivity contribution in [3.8, 4) is 5.69 Å². The van der Waals surface area contributed by atoms with Crippen LogP contribution in [0.25, 0.3) is 5.69 Å². The molecule has 2 aromatic rings. The van der Waals surface area contributed by atoms with Crippen LogP contribution in [0, 0.1) is 0 Å². The molecule has 5 rings (SSSR count). The zero-order valence-electron chi connectivity index (χ0n) is 21.1. The SMILES string of the molecule is CC(C)(C)OC(=O)N1C[C@@H](N2CCN(c3nnnn3-c3ccccc3)CC2)C[C@H]1C(=O)N1CCSC1. The average molecular weight is 515 g/mol. The van der Waals surface area contributed by atoms with Crippen molar-refractivity contribution in [1.29, 1.82) is 0 Å². The normalized spacial score (nSPS) is 23.4. The molecule has 3 aliphatic heterocycles. The summed E-state index contributed by atoms with van der Waals surface area (Å²) in [5, 5.41) is 12.4. The predicted octanol–water partition coefficient (Wildman–Crippen LogP) is 1.70. The third-order valence-electron chi connectivity index (χ3n) is 6.82. The lowest BCUT2D eigenvalue weighted by atomic mass is 10.1. The molecule has 0 N–H and O–H groups in total. The summed E-state index contributed by atoms with van der Waals surface area (Å²) in [4.78, 5) is 34.5. The molecule has 3 fully saturated rings. The molecule has 0 unspecified atom stereocenters. The van der Waals surface area contributed by atoms with Crippen molar-refractivity contribution in [3.63, 3.8) is 0 Å². The molecule has 3 aliphatic rings. The second-order valence-corrected chi connectivity index (χ2v) is 11.5. The number of aromatic nitrogens is 4. The zero-order chi connectivity index (χ0) is 25.3. The van der Waals surface area contributed by atoms with Gasteiger partial charge in [0.1, 0.15) is 11.6 Å². The van der Waals surface area contributed by atoms with E-state index in [1.807, 2.05) is 56.0 Å². The molecule has 3 saturated heterocycles. The summed E-state index contributed by atoms with van der Waals surface area (Å²) in [6, 6.07) is 9.49. The first-order valence-corrected chi connectivity index (χ1v) is 13.6. The number of ether oxygens (including phenoxy) is 1. The summed E-state index contributed by atoms with van der Waals surface area (Å²) in [5.41, 5.74) is 0.311. The fourth-order valence-corrected chi connectivity index (χ4v) is 5.99.